The standard InChI is InChI=1S/C26H26O5/c1-25(2,24(27)28)31-22-15-13-19(14-16-22)23-29-17-26(18-30-23,20-9-5-3-6-10-20)21-11-7-4-8-12-21/h3-16,23H,17-18H2,1-2H3,(H,27,28). The monoisotopic (exact) mass is 418 g/mol. The van der Waals surface area contributed by atoms with Crippen molar-refractivity contribution in [2.75, 3.05) is 13.2 Å². The third-order valence-corrected chi connectivity index (χ3v) is 5.66. The first-order valence-corrected chi connectivity index (χ1v) is 10.3. The van der Waals surface area contributed by atoms with Crippen molar-refractivity contribution in [3.63, 3.8) is 0 Å². The molecule has 0 unspecified atom stereocenters. The van der Waals surface area contributed by atoms with E-state index in [0.717, 1.165) is 16.7 Å². The van der Waals surface area contributed by atoms with E-state index in [4.69, 9.17) is 14.2 Å². The maximum absolute atomic E-state index is 11.3. The van der Waals surface area contributed by atoms with Crippen LogP contribution in [0.1, 0.15) is 36.8 Å². The molecular formula is C26H26O5. The summed E-state index contributed by atoms with van der Waals surface area (Å²) in [6, 6.07) is 27.7. The van der Waals surface area contributed by atoms with Gasteiger partial charge in [-0.25, -0.2) is 4.79 Å². The first-order valence-electron chi connectivity index (χ1n) is 10.3. The molecule has 0 aromatic heterocycles. The van der Waals surface area contributed by atoms with Gasteiger partial charge in [-0.15, -0.1) is 0 Å². The lowest BCUT2D eigenvalue weighted by atomic mass is 9.75. The second-order valence-electron chi connectivity index (χ2n) is 8.25. The van der Waals surface area contributed by atoms with E-state index < -0.39 is 17.9 Å². The summed E-state index contributed by atoms with van der Waals surface area (Å²) in [5.41, 5.74) is 1.48. The van der Waals surface area contributed by atoms with Gasteiger partial charge in [0.2, 0.25) is 0 Å². The highest BCUT2D eigenvalue weighted by atomic mass is 16.7. The van der Waals surface area contributed by atoms with E-state index in [2.05, 4.69) is 24.3 Å². The molecular weight excluding hydrogens is 392 g/mol. The molecule has 1 aliphatic heterocycles. The van der Waals surface area contributed by atoms with Crippen LogP contribution in [-0.2, 0) is 19.7 Å². The molecule has 0 saturated carbocycles. The number of hydrogen-bond donors (Lipinski definition) is 1. The molecule has 0 bridgehead atoms. The van der Waals surface area contributed by atoms with E-state index in [-0.39, 0.29) is 5.41 Å². The fraction of sp³-hybridized carbons (Fsp3) is 0.269. The lowest BCUT2D eigenvalue weighted by molar-refractivity contribution is -0.207. The van der Waals surface area contributed by atoms with Gasteiger partial charge in [-0.05, 0) is 37.1 Å². The van der Waals surface area contributed by atoms with Crippen molar-refractivity contribution in [3.8, 4) is 5.75 Å². The van der Waals surface area contributed by atoms with Gasteiger partial charge in [-0.2, -0.15) is 0 Å². The van der Waals surface area contributed by atoms with Crippen molar-refractivity contribution < 1.29 is 24.1 Å². The minimum Gasteiger partial charge on any atom is -0.478 e. The van der Waals surface area contributed by atoms with Crippen molar-refractivity contribution >= 4 is 5.97 Å². The average molecular weight is 418 g/mol. The third-order valence-electron chi connectivity index (χ3n) is 5.66. The average Bonchev–Trinajstić information content (AvgIpc) is 2.80. The highest BCUT2D eigenvalue weighted by Gasteiger charge is 2.40. The predicted octanol–water partition coefficient (Wildman–Crippen LogP) is 4.96. The van der Waals surface area contributed by atoms with Crippen LogP contribution in [0.15, 0.2) is 84.9 Å². The zero-order valence-electron chi connectivity index (χ0n) is 17.7. The molecule has 3 aromatic carbocycles. The Labute approximate surface area is 182 Å². The lowest BCUT2D eigenvalue weighted by Crippen LogP contribution is -2.43. The van der Waals surface area contributed by atoms with Crippen LogP contribution in [0.3, 0.4) is 0 Å². The molecule has 0 amide bonds. The van der Waals surface area contributed by atoms with Crippen LogP contribution < -0.4 is 4.74 Å². The number of hydrogen-bond acceptors (Lipinski definition) is 4. The highest BCUT2D eigenvalue weighted by Crippen LogP contribution is 2.40. The van der Waals surface area contributed by atoms with Crippen LogP contribution in [0.4, 0.5) is 0 Å². The van der Waals surface area contributed by atoms with Gasteiger partial charge in [-0.1, -0.05) is 72.8 Å². The Balaban J connectivity index is 1.52. The number of carboxylic acid groups (broad SMARTS) is 1. The fourth-order valence-electron chi connectivity index (χ4n) is 3.76. The summed E-state index contributed by atoms with van der Waals surface area (Å²) < 4.78 is 18.0. The Morgan fingerprint density at radius 1 is 0.871 bits per heavy atom. The summed E-state index contributed by atoms with van der Waals surface area (Å²) in [6.07, 6.45) is -0.498. The zero-order chi connectivity index (χ0) is 21.9. The van der Waals surface area contributed by atoms with Crippen LogP contribution >= 0.6 is 0 Å². The molecule has 1 fully saturated rings. The molecule has 1 aliphatic rings. The number of benzene rings is 3. The van der Waals surface area contributed by atoms with Crippen molar-refractivity contribution in [2.45, 2.75) is 31.2 Å². The molecule has 1 saturated heterocycles. The Bertz CT molecular complexity index is 963. The second-order valence-corrected chi connectivity index (χ2v) is 8.25. The molecule has 4 rings (SSSR count). The number of carboxylic acids is 1. The van der Waals surface area contributed by atoms with Gasteiger partial charge >= 0.3 is 5.97 Å². The van der Waals surface area contributed by atoms with E-state index in [0.29, 0.717) is 19.0 Å². The highest BCUT2D eigenvalue weighted by molar-refractivity contribution is 5.76. The van der Waals surface area contributed by atoms with Crippen LogP contribution in [0, 0.1) is 0 Å². The van der Waals surface area contributed by atoms with Crippen LogP contribution in [0.5, 0.6) is 5.75 Å². The first kappa shape index (κ1) is 21.1. The number of aliphatic carboxylic acids is 1. The van der Waals surface area contributed by atoms with Crippen LogP contribution in [0.25, 0.3) is 0 Å². The SMILES string of the molecule is CC(C)(Oc1ccc(C2OCC(c3ccccc3)(c3ccccc3)CO2)cc1)C(=O)O. The molecule has 0 atom stereocenters. The topological polar surface area (TPSA) is 65.0 Å². The Hall–Kier alpha value is -3.15. The van der Waals surface area contributed by atoms with Gasteiger partial charge in [0.15, 0.2) is 11.9 Å². The summed E-state index contributed by atoms with van der Waals surface area (Å²) in [5.74, 6) is -0.538. The summed E-state index contributed by atoms with van der Waals surface area (Å²) in [7, 11) is 0. The van der Waals surface area contributed by atoms with Gasteiger partial charge in [0, 0.05) is 5.56 Å². The summed E-state index contributed by atoms with van der Waals surface area (Å²) >= 11 is 0. The summed E-state index contributed by atoms with van der Waals surface area (Å²) in [6.45, 7) is 4.00. The van der Waals surface area contributed by atoms with Gasteiger partial charge < -0.3 is 19.3 Å². The van der Waals surface area contributed by atoms with Crippen molar-refractivity contribution in [3.05, 3.63) is 102 Å². The van der Waals surface area contributed by atoms with E-state index in [1.54, 1.807) is 12.1 Å². The molecule has 0 radical (unpaired) electrons. The number of carbonyl (C=O) groups is 1. The molecule has 0 spiro atoms. The molecule has 0 aliphatic carbocycles. The van der Waals surface area contributed by atoms with Crippen LogP contribution in [0.2, 0.25) is 0 Å². The van der Waals surface area contributed by atoms with Gasteiger partial charge in [-0.3, -0.25) is 0 Å². The van der Waals surface area contributed by atoms with E-state index >= 15 is 0 Å². The molecule has 1 N–H and O–H groups in total. The van der Waals surface area contributed by atoms with Crippen molar-refractivity contribution in [2.24, 2.45) is 0 Å². The molecule has 5 heteroatoms. The quantitative estimate of drug-likeness (QED) is 0.613. The minimum atomic E-state index is -1.30. The largest absolute Gasteiger partial charge is 0.478 e. The molecule has 5 nitrogen and oxygen atoms in total. The zero-order valence-corrected chi connectivity index (χ0v) is 17.7. The Kier molecular flexibility index (Phi) is 5.81. The maximum atomic E-state index is 11.3. The van der Waals surface area contributed by atoms with Crippen LogP contribution in [-0.4, -0.2) is 29.9 Å². The van der Waals surface area contributed by atoms with Gasteiger partial charge in [0.05, 0.1) is 18.6 Å². The smallest absolute Gasteiger partial charge is 0.347 e. The predicted molar refractivity (Wildman–Crippen MR) is 117 cm³/mol. The first-order chi connectivity index (χ1) is 14.9. The van der Waals surface area contributed by atoms with E-state index in [1.165, 1.54) is 13.8 Å². The van der Waals surface area contributed by atoms with E-state index in [1.807, 2.05) is 48.5 Å². The van der Waals surface area contributed by atoms with Gasteiger partial charge in [0.1, 0.15) is 5.75 Å². The van der Waals surface area contributed by atoms with Gasteiger partial charge in [0.25, 0.3) is 0 Å². The molecule has 31 heavy (non-hydrogen) atoms. The van der Waals surface area contributed by atoms with Crippen molar-refractivity contribution in [1.29, 1.82) is 0 Å². The Morgan fingerprint density at radius 2 is 1.35 bits per heavy atom. The lowest BCUT2D eigenvalue weighted by Gasteiger charge is -2.41. The summed E-state index contributed by atoms with van der Waals surface area (Å²) in [4.78, 5) is 11.3. The minimum absolute atomic E-state index is 0.381. The third kappa shape index (κ3) is 4.33. The second kappa shape index (κ2) is 8.53. The van der Waals surface area contributed by atoms with E-state index in [9.17, 15) is 9.90 Å². The number of rotatable bonds is 6. The fourth-order valence-corrected chi connectivity index (χ4v) is 3.76. The maximum Gasteiger partial charge on any atom is 0.347 e. The molecule has 160 valence electrons. The normalized spacial score (nSPS) is 16.6. The Morgan fingerprint density at radius 3 is 1.81 bits per heavy atom. The molecule has 1 heterocycles. The summed E-state index contributed by atoms with van der Waals surface area (Å²) in [5, 5.41) is 9.23. The molecule has 3 aromatic rings. The number of ether oxygens (including phenoxy) is 3. The van der Waals surface area contributed by atoms with Crippen molar-refractivity contribution in [1.82, 2.24) is 0 Å².